The van der Waals surface area contributed by atoms with Crippen LogP contribution in [-0.2, 0) is 4.79 Å². The van der Waals surface area contributed by atoms with Crippen LogP contribution in [0.3, 0.4) is 0 Å². The Balaban J connectivity index is 1.77. The van der Waals surface area contributed by atoms with Gasteiger partial charge in [-0.15, -0.1) is 0 Å². The fraction of sp³-hybridized carbons (Fsp3) is 0.111. The smallest absolute Gasteiger partial charge is 0.300 e. The number of nitrogen functional groups attached to an aromatic ring is 1. The molecule has 9 heteroatoms. The minimum atomic E-state index is -0.705. The lowest BCUT2D eigenvalue weighted by Gasteiger charge is -2.14. The second-order valence-electron chi connectivity index (χ2n) is 5.65. The molecule has 1 amide bonds. The Hall–Kier alpha value is -4.06. The summed E-state index contributed by atoms with van der Waals surface area (Å²) in [6, 6.07) is 12.1. The first-order valence-electron chi connectivity index (χ1n) is 8.11. The van der Waals surface area contributed by atoms with E-state index in [1.54, 1.807) is 30.3 Å². The number of carbonyl (C=O) groups is 1. The van der Waals surface area contributed by atoms with Crippen LogP contribution in [0.4, 0.5) is 11.6 Å². The predicted octanol–water partition coefficient (Wildman–Crippen LogP) is -0.364. The number of anilines is 2. The highest BCUT2D eigenvalue weighted by Gasteiger charge is 2.13. The Morgan fingerprint density at radius 2 is 2.11 bits per heavy atom. The van der Waals surface area contributed by atoms with Crippen LogP contribution in [0.2, 0.25) is 0 Å². The minimum absolute atomic E-state index is 0.145. The van der Waals surface area contributed by atoms with Gasteiger partial charge in [-0.25, -0.2) is 0 Å². The number of nitrogens with zero attached hydrogens (tertiary/aromatic N) is 2. The number of amides is 1. The normalized spacial score (nSPS) is 13.0. The molecule has 9 nitrogen and oxygen atoms in total. The second-order valence-corrected chi connectivity index (χ2v) is 5.65. The molecular formula is C18H17N7O2. The average Bonchev–Trinajstić information content (AvgIpc) is 2.67. The maximum Gasteiger partial charge on any atom is 0.300 e. The second kappa shape index (κ2) is 7.88. The van der Waals surface area contributed by atoms with Gasteiger partial charge in [0.05, 0.1) is 16.3 Å². The summed E-state index contributed by atoms with van der Waals surface area (Å²) in [5.41, 5.74) is 14.9. The Kier molecular flexibility index (Phi) is 5.18. The molecule has 27 heavy (non-hydrogen) atoms. The van der Waals surface area contributed by atoms with Crippen molar-refractivity contribution in [2.45, 2.75) is 12.8 Å². The summed E-state index contributed by atoms with van der Waals surface area (Å²) in [6.07, 6.45) is 3.06. The van der Waals surface area contributed by atoms with Gasteiger partial charge >= 0.3 is 5.91 Å². The summed E-state index contributed by atoms with van der Waals surface area (Å²) >= 11 is 0. The minimum Gasteiger partial charge on any atom is -0.441 e. The first kappa shape index (κ1) is 17.8. The van der Waals surface area contributed by atoms with Crippen molar-refractivity contribution in [1.82, 2.24) is 10.9 Å². The van der Waals surface area contributed by atoms with E-state index in [2.05, 4.69) is 21.4 Å². The number of nitrogens with one attached hydrogen (secondary N) is 4. The number of hydrogen-bond acceptors (Lipinski definition) is 8. The van der Waals surface area contributed by atoms with E-state index in [0.29, 0.717) is 34.9 Å². The van der Waals surface area contributed by atoms with Gasteiger partial charge in [-0.2, -0.15) is 10.4 Å². The molecule has 1 aromatic heterocycles. The lowest BCUT2D eigenvalue weighted by Crippen LogP contribution is -2.49. The molecule has 1 aliphatic rings. The molecule has 0 saturated heterocycles. The molecule has 0 aliphatic heterocycles. The van der Waals surface area contributed by atoms with Crippen molar-refractivity contribution >= 4 is 35.0 Å². The van der Waals surface area contributed by atoms with Gasteiger partial charge in [0, 0.05) is 11.8 Å². The van der Waals surface area contributed by atoms with Gasteiger partial charge in [-0.05, 0) is 31.1 Å². The number of nitrogens with two attached hydrogens (primary N) is 1. The number of hydrazine groups is 1. The fourth-order valence-electron chi connectivity index (χ4n) is 2.56. The molecule has 2 aromatic rings. The van der Waals surface area contributed by atoms with E-state index in [0.717, 1.165) is 0 Å². The van der Waals surface area contributed by atoms with Crippen LogP contribution in [0.25, 0.3) is 11.8 Å². The van der Waals surface area contributed by atoms with E-state index in [4.69, 9.17) is 20.8 Å². The predicted molar refractivity (Wildman–Crippen MR) is 99.7 cm³/mol. The van der Waals surface area contributed by atoms with Gasteiger partial charge in [-0.1, -0.05) is 18.2 Å². The van der Waals surface area contributed by atoms with E-state index < -0.39 is 5.91 Å². The zero-order chi connectivity index (χ0) is 19.2. The summed E-state index contributed by atoms with van der Waals surface area (Å²) in [5, 5.41) is 21.8. The summed E-state index contributed by atoms with van der Waals surface area (Å²) in [4.78, 5) is 12.2. The van der Waals surface area contributed by atoms with Crippen LogP contribution in [-0.4, -0.2) is 11.6 Å². The van der Waals surface area contributed by atoms with Gasteiger partial charge < -0.3 is 15.6 Å². The molecule has 0 fully saturated rings. The zero-order valence-corrected chi connectivity index (χ0v) is 14.2. The first-order chi connectivity index (χ1) is 13.1. The molecule has 1 aromatic carbocycles. The zero-order valence-electron chi connectivity index (χ0n) is 14.2. The number of hydrogen-bond donors (Lipinski definition) is 5. The van der Waals surface area contributed by atoms with Crippen LogP contribution in [0, 0.1) is 16.7 Å². The molecule has 3 rings (SSSR count). The van der Waals surface area contributed by atoms with Crippen molar-refractivity contribution < 1.29 is 9.21 Å². The molecule has 0 spiro atoms. The summed E-state index contributed by atoms with van der Waals surface area (Å²) in [7, 11) is 0. The topological polar surface area (TPSA) is 152 Å². The number of hydrazone groups is 1. The molecule has 0 unspecified atom stereocenters. The van der Waals surface area contributed by atoms with Crippen LogP contribution in [0.1, 0.15) is 12.8 Å². The van der Waals surface area contributed by atoms with E-state index in [-0.39, 0.29) is 17.0 Å². The Morgan fingerprint density at radius 1 is 1.33 bits per heavy atom. The fourth-order valence-corrected chi connectivity index (χ4v) is 2.56. The summed E-state index contributed by atoms with van der Waals surface area (Å²) < 4.78 is 5.42. The number of rotatable bonds is 5. The Labute approximate surface area is 154 Å². The van der Waals surface area contributed by atoms with E-state index in [9.17, 15) is 4.79 Å². The van der Waals surface area contributed by atoms with Crippen molar-refractivity contribution in [2.75, 3.05) is 11.2 Å². The molecule has 0 bridgehead atoms. The largest absolute Gasteiger partial charge is 0.441 e. The van der Waals surface area contributed by atoms with Crippen molar-refractivity contribution in [3.8, 4) is 6.07 Å². The van der Waals surface area contributed by atoms with Crippen LogP contribution in [0.15, 0.2) is 45.9 Å². The molecule has 6 N–H and O–H groups in total. The molecule has 136 valence electrons. The maximum atomic E-state index is 12.2. The number of carbonyl (C=O) groups excluding carboxylic acids is 1. The van der Waals surface area contributed by atoms with Crippen LogP contribution >= 0.6 is 0 Å². The highest BCUT2D eigenvalue weighted by atomic mass is 16.3. The standard InChI is InChI=1S/C18H17N7O2/c19-10-14(24-22-11-5-2-1-3-6-11)18(26)25-23-13-7-4-8-15-17(13)12(20)9-16(21)27-15/h1-3,5-6,8-9,20,22-23H,4,7,21H2,(H,25,26). The van der Waals surface area contributed by atoms with Gasteiger partial charge in [-0.3, -0.25) is 21.1 Å². The van der Waals surface area contributed by atoms with Gasteiger partial charge in [0.2, 0.25) is 5.71 Å². The summed E-state index contributed by atoms with van der Waals surface area (Å²) in [5.74, 6) is -0.561. The highest BCUT2D eigenvalue weighted by Crippen LogP contribution is 2.05. The third-order valence-electron chi connectivity index (χ3n) is 3.77. The Bertz CT molecular complexity index is 1110. The lowest BCUT2D eigenvalue weighted by atomic mass is 10.1. The van der Waals surface area contributed by atoms with Gasteiger partial charge in [0.25, 0.3) is 0 Å². The monoisotopic (exact) mass is 363 g/mol. The third-order valence-corrected chi connectivity index (χ3v) is 3.77. The first-order valence-corrected chi connectivity index (χ1v) is 8.11. The molecule has 0 radical (unpaired) electrons. The van der Waals surface area contributed by atoms with Crippen molar-refractivity contribution in [1.29, 1.82) is 10.7 Å². The number of nitriles is 1. The molecule has 1 heterocycles. The van der Waals surface area contributed by atoms with E-state index in [1.165, 1.54) is 6.07 Å². The SMILES string of the molecule is N#CC(=NNc1ccccc1)C(=O)NNC1=c2c(=N)cc(N)oc2=CCC1. The van der Waals surface area contributed by atoms with E-state index in [1.807, 2.05) is 12.1 Å². The number of para-hydroxylation sites is 1. The molecule has 0 saturated carbocycles. The highest BCUT2D eigenvalue weighted by molar-refractivity contribution is 6.45. The van der Waals surface area contributed by atoms with Crippen molar-refractivity contribution in [3.63, 3.8) is 0 Å². The van der Waals surface area contributed by atoms with Crippen molar-refractivity contribution in [3.05, 3.63) is 52.4 Å². The maximum absolute atomic E-state index is 12.2. The number of fused-ring (bicyclic) bond motifs is 1. The quantitative estimate of drug-likeness (QED) is 0.361. The lowest BCUT2D eigenvalue weighted by molar-refractivity contribution is -0.115. The van der Waals surface area contributed by atoms with Crippen LogP contribution < -0.4 is 38.0 Å². The van der Waals surface area contributed by atoms with E-state index >= 15 is 0 Å². The molecule has 0 atom stereocenters. The Morgan fingerprint density at radius 3 is 2.85 bits per heavy atom. The van der Waals surface area contributed by atoms with Gasteiger partial charge in [0.15, 0.2) is 5.88 Å². The molecule has 1 aliphatic carbocycles. The third kappa shape index (κ3) is 4.13. The van der Waals surface area contributed by atoms with Gasteiger partial charge in [0.1, 0.15) is 11.5 Å². The molecular weight excluding hydrogens is 346 g/mol. The summed E-state index contributed by atoms with van der Waals surface area (Å²) in [6.45, 7) is 0. The van der Waals surface area contributed by atoms with Crippen molar-refractivity contribution in [2.24, 2.45) is 5.10 Å². The average molecular weight is 363 g/mol. The van der Waals surface area contributed by atoms with Crippen LogP contribution in [0.5, 0.6) is 0 Å². The number of benzene rings is 1.